The summed E-state index contributed by atoms with van der Waals surface area (Å²) in [4.78, 5) is 2.61. The van der Waals surface area contributed by atoms with Crippen LogP contribution in [0, 0.1) is 0 Å². The van der Waals surface area contributed by atoms with Crippen LogP contribution >= 0.6 is 0 Å². The smallest absolute Gasteiger partial charge is 0.0477 e. The SMILES string of the molecule is CCC1CN(C(C)CCOC)C(C)CN1. The molecule has 3 nitrogen and oxygen atoms in total. The van der Waals surface area contributed by atoms with E-state index in [1.807, 2.05) is 0 Å². The van der Waals surface area contributed by atoms with Crippen molar-refractivity contribution in [1.82, 2.24) is 10.2 Å². The van der Waals surface area contributed by atoms with Crippen LogP contribution in [0.4, 0.5) is 0 Å². The van der Waals surface area contributed by atoms with Crippen molar-refractivity contribution < 1.29 is 4.74 Å². The quantitative estimate of drug-likeness (QED) is 0.750. The molecule has 0 spiro atoms. The highest BCUT2D eigenvalue weighted by atomic mass is 16.5. The van der Waals surface area contributed by atoms with Gasteiger partial charge >= 0.3 is 0 Å². The van der Waals surface area contributed by atoms with Gasteiger partial charge in [0.15, 0.2) is 0 Å². The number of methoxy groups -OCH3 is 1. The first-order valence-electron chi connectivity index (χ1n) is 6.17. The molecular weight excluding hydrogens is 188 g/mol. The zero-order valence-electron chi connectivity index (χ0n) is 10.6. The van der Waals surface area contributed by atoms with Crippen LogP contribution in [-0.4, -0.2) is 49.8 Å². The summed E-state index contributed by atoms with van der Waals surface area (Å²) < 4.78 is 5.15. The van der Waals surface area contributed by atoms with Gasteiger partial charge in [0, 0.05) is 44.9 Å². The minimum absolute atomic E-state index is 0.635. The molecule has 1 aliphatic heterocycles. The van der Waals surface area contributed by atoms with Gasteiger partial charge in [0.2, 0.25) is 0 Å². The first-order chi connectivity index (χ1) is 7.19. The van der Waals surface area contributed by atoms with Gasteiger partial charge in [0.05, 0.1) is 0 Å². The number of ether oxygens (including phenoxy) is 1. The Labute approximate surface area is 94.2 Å². The number of nitrogens with one attached hydrogen (secondary N) is 1. The van der Waals surface area contributed by atoms with Crippen LogP contribution in [0.5, 0.6) is 0 Å². The summed E-state index contributed by atoms with van der Waals surface area (Å²) in [5.41, 5.74) is 0. The van der Waals surface area contributed by atoms with E-state index in [0.717, 1.165) is 19.6 Å². The largest absolute Gasteiger partial charge is 0.385 e. The minimum Gasteiger partial charge on any atom is -0.385 e. The molecular formula is C12H26N2O. The summed E-state index contributed by atoms with van der Waals surface area (Å²) in [5.74, 6) is 0. The van der Waals surface area contributed by atoms with Gasteiger partial charge in [-0.1, -0.05) is 6.92 Å². The Hall–Kier alpha value is -0.120. The Kier molecular flexibility index (Phi) is 5.58. The Bertz CT molecular complexity index is 175. The maximum atomic E-state index is 5.15. The third kappa shape index (κ3) is 3.74. The van der Waals surface area contributed by atoms with Gasteiger partial charge in [0.25, 0.3) is 0 Å². The first-order valence-corrected chi connectivity index (χ1v) is 6.17. The fourth-order valence-electron chi connectivity index (χ4n) is 2.30. The highest BCUT2D eigenvalue weighted by molar-refractivity contribution is 4.85. The maximum absolute atomic E-state index is 5.15. The third-order valence-electron chi connectivity index (χ3n) is 3.50. The van der Waals surface area contributed by atoms with E-state index in [1.165, 1.54) is 13.0 Å². The molecule has 0 bridgehead atoms. The summed E-state index contributed by atoms with van der Waals surface area (Å²) in [6.45, 7) is 10.0. The van der Waals surface area contributed by atoms with Crippen LogP contribution < -0.4 is 5.32 Å². The van der Waals surface area contributed by atoms with E-state index in [-0.39, 0.29) is 0 Å². The summed E-state index contributed by atoms with van der Waals surface area (Å²) in [6, 6.07) is 1.96. The first kappa shape index (κ1) is 12.9. The lowest BCUT2D eigenvalue weighted by Crippen LogP contribution is -2.57. The lowest BCUT2D eigenvalue weighted by atomic mass is 10.0. The van der Waals surface area contributed by atoms with Gasteiger partial charge in [0.1, 0.15) is 0 Å². The number of hydrogen-bond donors (Lipinski definition) is 1. The molecule has 0 aromatic heterocycles. The molecule has 0 aliphatic carbocycles. The molecule has 15 heavy (non-hydrogen) atoms. The monoisotopic (exact) mass is 214 g/mol. The van der Waals surface area contributed by atoms with Gasteiger partial charge in [-0.3, -0.25) is 4.90 Å². The highest BCUT2D eigenvalue weighted by Gasteiger charge is 2.26. The van der Waals surface area contributed by atoms with Crippen LogP contribution in [0.15, 0.2) is 0 Å². The molecule has 0 amide bonds. The fraction of sp³-hybridized carbons (Fsp3) is 1.00. The van der Waals surface area contributed by atoms with E-state index in [4.69, 9.17) is 4.74 Å². The second kappa shape index (κ2) is 6.46. The summed E-state index contributed by atoms with van der Waals surface area (Å²) in [7, 11) is 1.78. The van der Waals surface area contributed by atoms with Crippen molar-refractivity contribution in [2.24, 2.45) is 0 Å². The van der Waals surface area contributed by atoms with E-state index in [9.17, 15) is 0 Å². The van der Waals surface area contributed by atoms with Crippen molar-refractivity contribution in [3.8, 4) is 0 Å². The topological polar surface area (TPSA) is 24.5 Å². The lowest BCUT2D eigenvalue weighted by molar-refractivity contribution is 0.0748. The second-order valence-corrected chi connectivity index (χ2v) is 4.69. The Balaban J connectivity index is 2.42. The van der Waals surface area contributed by atoms with E-state index in [0.29, 0.717) is 18.1 Å². The van der Waals surface area contributed by atoms with Gasteiger partial charge < -0.3 is 10.1 Å². The van der Waals surface area contributed by atoms with Crippen LogP contribution in [0.3, 0.4) is 0 Å². The fourth-order valence-corrected chi connectivity index (χ4v) is 2.30. The normalized spacial score (nSPS) is 30.4. The summed E-state index contributed by atoms with van der Waals surface area (Å²) in [5, 5.41) is 3.59. The Morgan fingerprint density at radius 2 is 2.27 bits per heavy atom. The van der Waals surface area contributed by atoms with E-state index in [1.54, 1.807) is 7.11 Å². The van der Waals surface area contributed by atoms with Crippen molar-refractivity contribution in [3.63, 3.8) is 0 Å². The summed E-state index contributed by atoms with van der Waals surface area (Å²) in [6.07, 6.45) is 2.36. The Morgan fingerprint density at radius 1 is 1.53 bits per heavy atom. The third-order valence-corrected chi connectivity index (χ3v) is 3.50. The van der Waals surface area contributed by atoms with E-state index >= 15 is 0 Å². The minimum atomic E-state index is 0.635. The molecule has 90 valence electrons. The van der Waals surface area contributed by atoms with Crippen LogP contribution in [-0.2, 0) is 4.74 Å². The molecule has 1 saturated heterocycles. The predicted octanol–water partition coefficient (Wildman–Crippen LogP) is 1.48. The average molecular weight is 214 g/mol. The molecule has 1 rings (SSSR count). The van der Waals surface area contributed by atoms with Gasteiger partial charge in [-0.05, 0) is 26.7 Å². The van der Waals surface area contributed by atoms with Crippen molar-refractivity contribution in [3.05, 3.63) is 0 Å². The van der Waals surface area contributed by atoms with Crippen LogP contribution in [0.1, 0.15) is 33.6 Å². The predicted molar refractivity (Wildman–Crippen MR) is 64.2 cm³/mol. The lowest BCUT2D eigenvalue weighted by Gasteiger charge is -2.42. The Morgan fingerprint density at radius 3 is 2.87 bits per heavy atom. The maximum Gasteiger partial charge on any atom is 0.0477 e. The molecule has 0 radical (unpaired) electrons. The molecule has 0 saturated carbocycles. The average Bonchev–Trinajstić information content (AvgIpc) is 2.26. The molecule has 0 aromatic rings. The van der Waals surface area contributed by atoms with Gasteiger partial charge in [-0.2, -0.15) is 0 Å². The van der Waals surface area contributed by atoms with Gasteiger partial charge in [-0.15, -0.1) is 0 Å². The van der Waals surface area contributed by atoms with Crippen molar-refractivity contribution in [1.29, 1.82) is 0 Å². The van der Waals surface area contributed by atoms with Gasteiger partial charge in [-0.25, -0.2) is 0 Å². The summed E-state index contributed by atoms with van der Waals surface area (Å²) >= 11 is 0. The molecule has 1 aliphatic rings. The van der Waals surface area contributed by atoms with Crippen LogP contribution in [0.2, 0.25) is 0 Å². The highest BCUT2D eigenvalue weighted by Crippen LogP contribution is 2.14. The zero-order valence-corrected chi connectivity index (χ0v) is 10.6. The molecule has 1 N–H and O–H groups in total. The van der Waals surface area contributed by atoms with Crippen molar-refractivity contribution >= 4 is 0 Å². The number of nitrogens with zero attached hydrogens (tertiary/aromatic N) is 1. The molecule has 0 aromatic carbocycles. The van der Waals surface area contributed by atoms with Crippen LogP contribution in [0.25, 0.3) is 0 Å². The number of hydrogen-bond acceptors (Lipinski definition) is 3. The van der Waals surface area contributed by atoms with Crippen molar-refractivity contribution in [2.75, 3.05) is 26.8 Å². The molecule has 3 atom stereocenters. The number of rotatable bonds is 5. The second-order valence-electron chi connectivity index (χ2n) is 4.69. The molecule has 3 heteroatoms. The molecule has 1 heterocycles. The van der Waals surface area contributed by atoms with E-state index < -0.39 is 0 Å². The number of piperazine rings is 1. The van der Waals surface area contributed by atoms with E-state index in [2.05, 4.69) is 31.0 Å². The zero-order chi connectivity index (χ0) is 11.3. The standard InChI is InChI=1S/C12H26N2O/c1-5-12-9-14(11(3)8-13-12)10(2)6-7-15-4/h10-13H,5-9H2,1-4H3. The van der Waals surface area contributed by atoms with Crippen molar-refractivity contribution in [2.45, 2.75) is 51.7 Å². The molecule has 3 unspecified atom stereocenters. The molecule has 1 fully saturated rings.